The summed E-state index contributed by atoms with van der Waals surface area (Å²) in [4.78, 5) is 2.21. The van der Waals surface area contributed by atoms with Crippen LogP contribution in [0.2, 0.25) is 0 Å². The molecule has 10 heteroatoms. The molecule has 1 aliphatic rings. The molecule has 6 aromatic carbocycles. The summed E-state index contributed by atoms with van der Waals surface area (Å²) in [6.07, 6.45) is 0. The molecule has 0 unspecified atom stereocenters. The Bertz CT molecular complexity index is 2730. The SMILES string of the molecule is CC1(C)c2ccccc2-c2c(-c3ccc(N(c4cccc5nsnc45)c4ccc(-c5ccccc5)c5nsnc45)c4nsnc34)cccc21. The minimum Gasteiger partial charge on any atom is -0.304 e. The van der Waals surface area contributed by atoms with Crippen LogP contribution in [0.15, 0.2) is 115 Å². The molecule has 0 fully saturated rings. The Kier molecular flexibility index (Phi) is 6.30. The molecular weight excluding hydrogens is 663 g/mol. The lowest BCUT2D eigenvalue weighted by molar-refractivity contribution is 0.660. The quantitative estimate of drug-likeness (QED) is 0.178. The van der Waals surface area contributed by atoms with Gasteiger partial charge < -0.3 is 4.90 Å². The first-order valence-electron chi connectivity index (χ1n) is 15.9. The van der Waals surface area contributed by atoms with Crippen LogP contribution in [0, 0.1) is 0 Å². The smallest absolute Gasteiger partial charge is 0.129 e. The molecule has 1 aliphatic carbocycles. The summed E-state index contributed by atoms with van der Waals surface area (Å²) in [7, 11) is 0. The van der Waals surface area contributed by atoms with Crippen molar-refractivity contribution in [1.29, 1.82) is 0 Å². The van der Waals surface area contributed by atoms with Gasteiger partial charge >= 0.3 is 0 Å². The van der Waals surface area contributed by atoms with Gasteiger partial charge in [-0.15, -0.1) is 0 Å². The van der Waals surface area contributed by atoms with Crippen LogP contribution in [-0.2, 0) is 5.41 Å². The zero-order chi connectivity index (χ0) is 32.7. The average Bonchev–Trinajstić information content (AvgIpc) is 3.96. The number of hydrogen-bond donors (Lipinski definition) is 0. The minimum atomic E-state index is -0.1000. The summed E-state index contributed by atoms with van der Waals surface area (Å²) < 4.78 is 28.9. The van der Waals surface area contributed by atoms with E-state index in [1.807, 2.05) is 30.3 Å². The number of nitrogens with zero attached hydrogens (tertiary/aromatic N) is 7. The number of aromatic nitrogens is 6. The summed E-state index contributed by atoms with van der Waals surface area (Å²) >= 11 is 3.67. The lowest BCUT2D eigenvalue weighted by atomic mass is 9.82. The summed E-state index contributed by atoms with van der Waals surface area (Å²) in [5.41, 5.74) is 17.2. The molecule has 0 atom stereocenters. The number of hydrogen-bond acceptors (Lipinski definition) is 10. The first-order chi connectivity index (χ1) is 24.1. The van der Waals surface area contributed by atoms with Crippen LogP contribution in [0.5, 0.6) is 0 Å². The third kappa shape index (κ3) is 4.18. The Labute approximate surface area is 294 Å². The van der Waals surface area contributed by atoms with E-state index in [2.05, 4.69) is 108 Å². The molecule has 49 heavy (non-hydrogen) atoms. The van der Waals surface area contributed by atoms with Gasteiger partial charge in [0.2, 0.25) is 0 Å². The molecule has 0 saturated carbocycles. The minimum absolute atomic E-state index is 0.1000. The molecule has 3 aromatic heterocycles. The van der Waals surface area contributed by atoms with Gasteiger partial charge in [0.1, 0.15) is 33.1 Å². The van der Waals surface area contributed by atoms with Crippen molar-refractivity contribution in [3.63, 3.8) is 0 Å². The average molecular weight is 688 g/mol. The first-order valence-corrected chi connectivity index (χ1v) is 18.1. The molecule has 0 N–H and O–H groups in total. The highest BCUT2D eigenvalue weighted by Crippen LogP contribution is 2.53. The zero-order valence-corrected chi connectivity index (χ0v) is 28.8. The van der Waals surface area contributed by atoms with E-state index in [9.17, 15) is 0 Å². The Balaban J connectivity index is 1.23. The largest absolute Gasteiger partial charge is 0.304 e. The Hall–Kier alpha value is -5.42. The topological polar surface area (TPSA) is 80.6 Å². The van der Waals surface area contributed by atoms with Gasteiger partial charge in [0.25, 0.3) is 0 Å². The predicted molar refractivity (Wildman–Crippen MR) is 202 cm³/mol. The molecule has 0 radical (unpaired) electrons. The Morgan fingerprint density at radius 3 is 1.80 bits per heavy atom. The highest BCUT2D eigenvalue weighted by Gasteiger charge is 2.37. The van der Waals surface area contributed by atoms with Crippen LogP contribution >= 0.6 is 35.2 Å². The maximum Gasteiger partial charge on any atom is 0.129 e. The van der Waals surface area contributed by atoms with Crippen molar-refractivity contribution < 1.29 is 0 Å². The van der Waals surface area contributed by atoms with Crippen molar-refractivity contribution in [2.45, 2.75) is 19.3 Å². The van der Waals surface area contributed by atoms with Crippen LogP contribution < -0.4 is 4.90 Å². The highest BCUT2D eigenvalue weighted by atomic mass is 32.1. The molecule has 234 valence electrons. The Morgan fingerprint density at radius 2 is 1.00 bits per heavy atom. The molecule has 10 rings (SSSR count). The van der Waals surface area contributed by atoms with Gasteiger partial charge in [-0.2, -0.15) is 26.2 Å². The van der Waals surface area contributed by atoms with Gasteiger partial charge in [-0.3, -0.25) is 0 Å². The molecular formula is C39H25N7S3. The third-order valence-corrected chi connectivity index (χ3v) is 11.4. The summed E-state index contributed by atoms with van der Waals surface area (Å²) in [6, 6.07) is 40.5. The first kappa shape index (κ1) is 28.6. The van der Waals surface area contributed by atoms with E-state index in [4.69, 9.17) is 21.9 Å². The fourth-order valence-corrected chi connectivity index (χ4v) is 9.16. The lowest BCUT2D eigenvalue weighted by Gasteiger charge is -2.26. The molecule has 0 bridgehead atoms. The van der Waals surface area contributed by atoms with E-state index in [1.54, 1.807) is 0 Å². The van der Waals surface area contributed by atoms with Gasteiger partial charge in [-0.1, -0.05) is 92.7 Å². The molecule has 3 heterocycles. The van der Waals surface area contributed by atoms with Gasteiger partial charge in [0, 0.05) is 16.5 Å². The number of anilines is 3. The molecule has 0 saturated heterocycles. The van der Waals surface area contributed by atoms with E-state index >= 15 is 0 Å². The molecule has 0 aliphatic heterocycles. The normalized spacial score (nSPS) is 13.3. The van der Waals surface area contributed by atoms with Crippen LogP contribution in [0.3, 0.4) is 0 Å². The predicted octanol–water partition coefficient (Wildman–Crippen LogP) is 10.8. The van der Waals surface area contributed by atoms with Gasteiger partial charge in [-0.05, 0) is 69.8 Å². The molecule has 9 aromatic rings. The number of rotatable bonds is 5. The van der Waals surface area contributed by atoms with Crippen molar-refractivity contribution in [1.82, 2.24) is 26.2 Å². The third-order valence-electron chi connectivity index (χ3n) is 9.76. The monoisotopic (exact) mass is 687 g/mol. The van der Waals surface area contributed by atoms with Gasteiger partial charge in [0.15, 0.2) is 0 Å². The standard InChI is InChI=1S/C39H25N7S3/c1-39(2)27-14-7-6-12-26(27)33-24(13-8-15-28(33)39)25-19-21-32(38-35(25)42-49-45-38)46(30-17-9-16-29-36(30)43-47-40-29)31-20-18-23(22-10-4-3-5-11-22)34-37(31)44-48-41-34/h3-21H,1-2H3. The van der Waals surface area contributed by atoms with E-state index in [1.165, 1.54) is 57.4 Å². The van der Waals surface area contributed by atoms with Crippen molar-refractivity contribution in [2.75, 3.05) is 4.90 Å². The van der Waals surface area contributed by atoms with Crippen molar-refractivity contribution in [2.24, 2.45) is 0 Å². The van der Waals surface area contributed by atoms with Crippen molar-refractivity contribution >= 4 is 85.3 Å². The number of fused-ring (bicyclic) bond motifs is 6. The molecule has 0 spiro atoms. The fourth-order valence-electron chi connectivity index (χ4n) is 7.48. The van der Waals surface area contributed by atoms with Gasteiger partial charge in [-0.25, -0.2) is 0 Å². The molecule has 7 nitrogen and oxygen atoms in total. The van der Waals surface area contributed by atoms with Crippen molar-refractivity contribution in [3.05, 3.63) is 126 Å². The van der Waals surface area contributed by atoms with Crippen LogP contribution in [-0.4, -0.2) is 26.2 Å². The van der Waals surface area contributed by atoms with Crippen LogP contribution in [0.4, 0.5) is 17.1 Å². The van der Waals surface area contributed by atoms with Crippen molar-refractivity contribution in [3.8, 4) is 33.4 Å². The lowest BCUT2D eigenvalue weighted by Crippen LogP contribution is -2.14. The van der Waals surface area contributed by atoms with Crippen LogP contribution in [0.1, 0.15) is 25.0 Å². The molecule has 0 amide bonds. The van der Waals surface area contributed by atoms with E-state index in [0.29, 0.717) is 0 Å². The summed E-state index contributed by atoms with van der Waals surface area (Å²) in [5.74, 6) is 0. The van der Waals surface area contributed by atoms with Crippen LogP contribution in [0.25, 0.3) is 66.5 Å². The van der Waals surface area contributed by atoms with E-state index in [0.717, 1.165) is 72.4 Å². The fraction of sp³-hybridized carbons (Fsp3) is 0.0769. The summed E-state index contributed by atoms with van der Waals surface area (Å²) in [5, 5.41) is 0. The van der Waals surface area contributed by atoms with Gasteiger partial charge in [0.05, 0.1) is 52.2 Å². The van der Waals surface area contributed by atoms with E-state index in [-0.39, 0.29) is 5.41 Å². The number of benzene rings is 6. The van der Waals surface area contributed by atoms with E-state index < -0.39 is 0 Å². The zero-order valence-electron chi connectivity index (χ0n) is 26.3. The highest BCUT2D eigenvalue weighted by molar-refractivity contribution is 7.00. The maximum atomic E-state index is 4.97. The maximum absolute atomic E-state index is 4.97. The summed E-state index contributed by atoms with van der Waals surface area (Å²) in [6.45, 7) is 4.63. The Morgan fingerprint density at radius 1 is 0.429 bits per heavy atom. The second kappa shape index (κ2) is 10.8. The second-order valence-electron chi connectivity index (χ2n) is 12.7. The second-order valence-corrected chi connectivity index (χ2v) is 14.3.